The van der Waals surface area contributed by atoms with Crippen LogP contribution in [0.5, 0.6) is 0 Å². The summed E-state index contributed by atoms with van der Waals surface area (Å²) in [6.07, 6.45) is 90.8. The van der Waals surface area contributed by atoms with Crippen LogP contribution in [-0.2, 0) is 0 Å². The fourth-order valence-electron chi connectivity index (χ4n) is 18.4. The molecule has 12 fully saturated rings. The molecule has 0 aromatic rings. The Morgan fingerprint density at radius 1 is 0.101 bits per heavy atom. The van der Waals surface area contributed by atoms with Gasteiger partial charge in [0.2, 0.25) is 0 Å². The third-order valence-corrected chi connectivity index (χ3v) is 22.7. The molecule has 0 heteroatoms. The topological polar surface area (TPSA) is 0 Å². The minimum atomic E-state index is 0.833. The normalized spacial score (nSPS) is 24.8. The highest BCUT2D eigenvalue weighted by Gasteiger charge is 2.37. The fraction of sp³-hybridized carbons (Fsp3) is 1.00. The second-order valence-corrected chi connectivity index (χ2v) is 37.8. The van der Waals surface area contributed by atoms with Crippen molar-refractivity contribution < 1.29 is 0 Å². The van der Waals surface area contributed by atoms with Crippen LogP contribution in [0.1, 0.15) is 503 Å². The van der Waals surface area contributed by atoms with E-state index in [4.69, 9.17) is 0 Å². The van der Waals surface area contributed by atoms with E-state index in [1.807, 2.05) is 0 Å². The Balaban J connectivity index is 0.000000499. The summed E-state index contributed by atoms with van der Waals surface area (Å²) in [6.45, 7) is 39.0. The number of hydrogen-bond donors (Lipinski definition) is 0. The molecule has 0 heterocycles. The van der Waals surface area contributed by atoms with Gasteiger partial charge in [0.25, 0.3) is 0 Å². The van der Waals surface area contributed by atoms with Gasteiger partial charge in [-0.05, 0) is 222 Å². The fourth-order valence-corrected chi connectivity index (χ4v) is 18.4. The highest BCUT2D eigenvalue weighted by molar-refractivity contribution is 4.90. The average Bonchev–Trinajstić information content (AvgIpc) is 4.14. The molecule has 534 valence electrons. The van der Waals surface area contributed by atoms with Gasteiger partial charge in [0.05, 0.1) is 0 Å². The first kappa shape index (κ1) is 87.0. The Kier molecular flexibility index (Phi) is 51.0. The van der Waals surface area contributed by atoms with Crippen LogP contribution in [0.2, 0.25) is 0 Å². The van der Waals surface area contributed by atoms with E-state index in [0.29, 0.717) is 0 Å². The van der Waals surface area contributed by atoms with E-state index >= 15 is 0 Å². The molecule has 6 spiro atoms. The first-order chi connectivity index (χ1) is 42.4. The quantitative estimate of drug-likeness (QED) is 0.227. The summed E-state index contributed by atoms with van der Waals surface area (Å²) in [7, 11) is 0. The van der Waals surface area contributed by atoms with Crippen LogP contribution in [0.4, 0.5) is 0 Å². The van der Waals surface area contributed by atoms with Crippen molar-refractivity contribution in [2.75, 3.05) is 0 Å². The number of hydrogen-bond acceptors (Lipinski definition) is 0. The van der Waals surface area contributed by atoms with Gasteiger partial charge in [0.15, 0.2) is 0 Å². The Morgan fingerprint density at radius 3 is 0.202 bits per heavy atom. The first-order valence-electron chi connectivity index (χ1n) is 42.4. The Bertz CT molecular complexity index is 1100. The van der Waals surface area contributed by atoms with Crippen LogP contribution >= 0.6 is 0 Å². The molecule has 0 N–H and O–H groups in total. The maximum absolute atomic E-state index is 2.17. The zero-order valence-corrected chi connectivity index (χ0v) is 66.2. The van der Waals surface area contributed by atoms with Crippen molar-refractivity contribution in [3.63, 3.8) is 0 Å². The van der Waals surface area contributed by atoms with Crippen LogP contribution in [0.15, 0.2) is 0 Å². The summed E-state index contributed by atoms with van der Waals surface area (Å²) in [4.78, 5) is 0. The predicted molar refractivity (Wildman–Crippen MR) is 410 cm³/mol. The average molecular weight is 1250 g/mol. The minimum absolute atomic E-state index is 0.833. The number of rotatable bonds is 0. The molecular formula is C89H178. The molecular weight excluding hydrogens is 1070 g/mol. The maximum Gasteiger partial charge on any atom is -0.0297 e. The molecule has 0 aliphatic heterocycles. The van der Waals surface area contributed by atoms with Crippen molar-refractivity contribution in [3.05, 3.63) is 0 Å². The monoisotopic (exact) mass is 1250 g/mol. The van der Waals surface area contributed by atoms with Crippen molar-refractivity contribution in [1.82, 2.24) is 0 Å². The first-order valence-corrected chi connectivity index (χ1v) is 42.4. The van der Waals surface area contributed by atoms with E-state index in [-0.39, 0.29) is 0 Å². The standard InChI is InChI=1S/5C11H20.C10H18.6C4H10/c5*1-3-7-11(8-4-1)9-5-2-6-10-11;1-2-6-10(7-3-1)8-4-5-9-10;6*1-4(2)3/h5*1-10H2;1-9H2;6*4H,1-3H3. The maximum atomic E-state index is 2.17. The lowest BCUT2D eigenvalue weighted by molar-refractivity contribution is 0.124. The van der Waals surface area contributed by atoms with E-state index in [1.165, 1.54) is 225 Å². The molecule has 0 bridgehead atoms. The Morgan fingerprint density at radius 2 is 0.146 bits per heavy atom. The van der Waals surface area contributed by atoms with Gasteiger partial charge in [-0.15, -0.1) is 0 Å². The molecule has 12 aliphatic carbocycles. The van der Waals surface area contributed by atoms with E-state index in [0.717, 1.165) is 68.0 Å². The molecule has 0 nitrogen and oxygen atoms in total. The molecule has 0 aromatic carbocycles. The molecule has 0 aromatic heterocycles. The second kappa shape index (κ2) is 52.2. The summed E-state index contributed by atoms with van der Waals surface area (Å²) < 4.78 is 0. The zero-order valence-electron chi connectivity index (χ0n) is 66.2. The molecule has 0 amide bonds. The molecule has 0 atom stereocenters. The molecule has 0 saturated heterocycles. The molecule has 12 aliphatic rings. The van der Waals surface area contributed by atoms with Crippen LogP contribution in [0, 0.1) is 68.0 Å². The van der Waals surface area contributed by atoms with E-state index in [2.05, 4.69) is 125 Å². The smallest absolute Gasteiger partial charge is 0.0297 e. The van der Waals surface area contributed by atoms with Crippen molar-refractivity contribution in [3.8, 4) is 0 Å². The van der Waals surface area contributed by atoms with E-state index in [9.17, 15) is 0 Å². The molecule has 12 saturated carbocycles. The van der Waals surface area contributed by atoms with Crippen molar-refractivity contribution in [2.24, 2.45) is 68.0 Å². The Hall–Kier alpha value is 0. The van der Waals surface area contributed by atoms with Crippen LogP contribution < -0.4 is 0 Å². The van der Waals surface area contributed by atoms with Crippen molar-refractivity contribution in [2.45, 2.75) is 503 Å². The zero-order chi connectivity index (χ0) is 66.2. The van der Waals surface area contributed by atoms with Gasteiger partial charge in [0, 0.05) is 0 Å². The van der Waals surface area contributed by atoms with E-state index < -0.39 is 0 Å². The second-order valence-electron chi connectivity index (χ2n) is 37.8. The summed E-state index contributed by atoms with van der Waals surface area (Å²) >= 11 is 0. The van der Waals surface area contributed by atoms with Crippen molar-refractivity contribution in [1.29, 1.82) is 0 Å². The predicted octanol–water partition coefficient (Wildman–Crippen LogP) is 33.0. The summed E-state index contributed by atoms with van der Waals surface area (Å²) in [5.41, 5.74) is 5.16. The SMILES string of the molecule is C1CCC2(CC1)CCCC2.C1CCC2(CC1)CCCCC2.C1CCC2(CC1)CCCCC2.C1CCC2(CC1)CCCCC2.C1CCC2(CC1)CCCCC2.C1CCC2(CC1)CCCCC2.CC(C)C.CC(C)C.CC(C)C.CC(C)C.CC(C)C.CC(C)C. The van der Waals surface area contributed by atoms with E-state index in [1.54, 1.807) is 154 Å². The molecule has 89 heavy (non-hydrogen) atoms. The van der Waals surface area contributed by atoms with Crippen molar-refractivity contribution >= 4 is 0 Å². The van der Waals surface area contributed by atoms with Gasteiger partial charge in [-0.3, -0.25) is 0 Å². The third-order valence-electron chi connectivity index (χ3n) is 22.7. The lowest BCUT2D eigenvalue weighted by Gasteiger charge is -2.40. The van der Waals surface area contributed by atoms with Gasteiger partial charge in [-0.25, -0.2) is 0 Å². The lowest BCUT2D eigenvalue weighted by atomic mass is 9.65. The Labute approximate surface area is 568 Å². The molecule has 0 unspecified atom stereocenters. The van der Waals surface area contributed by atoms with Crippen LogP contribution in [0.25, 0.3) is 0 Å². The molecule has 0 radical (unpaired) electrons. The van der Waals surface area contributed by atoms with Crippen LogP contribution in [0.3, 0.4) is 0 Å². The highest BCUT2D eigenvalue weighted by atomic mass is 14.4. The third kappa shape index (κ3) is 46.0. The summed E-state index contributed by atoms with van der Waals surface area (Å²) in [6, 6.07) is 0. The van der Waals surface area contributed by atoms with Gasteiger partial charge >= 0.3 is 0 Å². The van der Waals surface area contributed by atoms with Gasteiger partial charge < -0.3 is 0 Å². The lowest BCUT2D eigenvalue weighted by Crippen LogP contribution is -2.26. The molecule has 12 rings (SSSR count). The van der Waals surface area contributed by atoms with Crippen LogP contribution in [-0.4, -0.2) is 0 Å². The minimum Gasteiger partial charge on any atom is -0.0630 e. The highest BCUT2D eigenvalue weighted by Crippen LogP contribution is 2.52. The van der Waals surface area contributed by atoms with Gasteiger partial charge in [0.1, 0.15) is 0 Å². The van der Waals surface area contributed by atoms with Gasteiger partial charge in [-0.1, -0.05) is 349 Å². The summed E-state index contributed by atoms with van der Waals surface area (Å²) in [5, 5.41) is 0. The van der Waals surface area contributed by atoms with Gasteiger partial charge in [-0.2, -0.15) is 0 Å². The summed E-state index contributed by atoms with van der Waals surface area (Å²) in [5.74, 6) is 5.00. The largest absolute Gasteiger partial charge is 0.0630 e.